The molecule has 0 fully saturated rings. The Balaban J connectivity index is 2.43. The summed E-state index contributed by atoms with van der Waals surface area (Å²) in [5.74, 6) is -0.520. The molecule has 0 saturated carbocycles. The van der Waals surface area contributed by atoms with Gasteiger partial charge in [-0.05, 0) is 19.1 Å². The van der Waals surface area contributed by atoms with Gasteiger partial charge in [0, 0.05) is 18.8 Å². The topological polar surface area (TPSA) is 50.9 Å². The van der Waals surface area contributed by atoms with Crippen molar-refractivity contribution in [2.75, 3.05) is 0 Å². The molecule has 1 N–H and O–H groups in total. The Kier molecular flexibility index (Phi) is 2.70. The standard InChI is InChI=1S/C11H12FN3O/c1-7-5-10(15(2)14-7)11(16)8-3-4-13-6-9(8)12/h3-6,11,16H,1-2H3. The molecule has 84 valence electrons. The summed E-state index contributed by atoms with van der Waals surface area (Å²) in [5, 5.41) is 14.1. The maximum atomic E-state index is 13.4. The highest BCUT2D eigenvalue weighted by atomic mass is 19.1. The Morgan fingerprint density at radius 2 is 2.25 bits per heavy atom. The van der Waals surface area contributed by atoms with Crippen LogP contribution in [0.2, 0.25) is 0 Å². The maximum absolute atomic E-state index is 13.4. The van der Waals surface area contributed by atoms with Crippen LogP contribution in [0, 0.1) is 12.7 Å². The third-order valence-corrected chi connectivity index (χ3v) is 2.42. The van der Waals surface area contributed by atoms with Crippen LogP contribution >= 0.6 is 0 Å². The van der Waals surface area contributed by atoms with Gasteiger partial charge in [-0.3, -0.25) is 9.67 Å². The number of aromatic nitrogens is 3. The van der Waals surface area contributed by atoms with Crippen molar-refractivity contribution in [1.29, 1.82) is 0 Å². The van der Waals surface area contributed by atoms with E-state index in [2.05, 4.69) is 10.1 Å². The highest BCUT2D eigenvalue weighted by Crippen LogP contribution is 2.23. The molecule has 0 spiro atoms. The van der Waals surface area contributed by atoms with Crippen LogP contribution in [0.4, 0.5) is 4.39 Å². The van der Waals surface area contributed by atoms with Gasteiger partial charge in [0.25, 0.3) is 0 Å². The predicted molar refractivity (Wildman–Crippen MR) is 56.2 cm³/mol. The molecule has 2 aromatic heterocycles. The lowest BCUT2D eigenvalue weighted by Crippen LogP contribution is -2.08. The number of aryl methyl sites for hydroxylation is 2. The number of pyridine rings is 1. The zero-order valence-corrected chi connectivity index (χ0v) is 9.05. The van der Waals surface area contributed by atoms with Crippen LogP contribution in [0.3, 0.4) is 0 Å². The number of halogens is 1. The van der Waals surface area contributed by atoms with E-state index >= 15 is 0 Å². The van der Waals surface area contributed by atoms with Crippen molar-refractivity contribution in [3.05, 3.63) is 47.3 Å². The second-order valence-corrected chi connectivity index (χ2v) is 3.63. The van der Waals surface area contributed by atoms with E-state index < -0.39 is 11.9 Å². The van der Waals surface area contributed by atoms with E-state index in [0.29, 0.717) is 5.69 Å². The molecule has 0 aliphatic carbocycles. The third-order valence-electron chi connectivity index (χ3n) is 2.42. The van der Waals surface area contributed by atoms with Crippen molar-refractivity contribution in [3.8, 4) is 0 Å². The second kappa shape index (κ2) is 4.02. The fourth-order valence-corrected chi connectivity index (χ4v) is 1.65. The molecule has 0 bridgehead atoms. The maximum Gasteiger partial charge on any atom is 0.147 e. The molecule has 0 aliphatic rings. The predicted octanol–water partition coefficient (Wildman–Crippen LogP) is 1.34. The Labute approximate surface area is 92.4 Å². The van der Waals surface area contributed by atoms with E-state index in [1.54, 1.807) is 17.8 Å². The average molecular weight is 221 g/mol. The van der Waals surface area contributed by atoms with E-state index in [4.69, 9.17) is 0 Å². The van der Waals surface area contributed by atoms with Crippen molar-refractivity contribution in [3.63, 3.8) is 0 Å². The van der Waals surface area contributed by atoms with Gasteiger partial charge in [0.05, 0.1) is 17.6 Å². The zero-order chi connectivity index (χ0) is 11.7. The molecule has 2 aromatic rings. The first-order valence-corrected chi connectivity index (χ1v) is 4.87. The summed E-state index contributed by atoms with van der Waals surface area (Å²) in [6.45, 7) is 1.82. The number of nitrogens with zero attached hydrogens (tertiary/aromatic N) is 3. The number of rotatable bonds is 2. The van der Waals surface area contributed by atoms with E-state index in [-0.39, 0.29) is 5.56 Å². The molecule has 1 atom stereocenters. The monoisotopic (exact) mass is 221 g/mol. The molecule has 16 heavy (non-hydrogen) atoms. The lowest BCUT2D eigenvalue weighted by Gasteiger charge is -2.11. The van der Waals surface area contributed by atoms with E-state index in [9.17, 15) is 9.50 Å². The first kappa shape index (κ1) is 10.8. The van der Waals surface area contributed by atoms with Gasteiger partial charge in [-0.2, -0.15) is 5.10 Å². The number of aliphatic hydroxyl groups excluding tert-OH is 1. The molecule has 2 heterocycles. The van der Waals surface area contributed by atoms with Gasteiger partial charge in [0.2, 0.25) is 0 Å². The molecule has 0 saturated heterocycles. The second-order valence-electron chi connectivity index (χ2n) is 3.63. The highest BCUT2D eigenvalue weighted by Gasteiger charge is 2.18. The van der Waals surface area contributed by atoms with Crippen molar-refractivity contribution < 1.29 is 9.50 Å². The Morgan fingerprint density at radius 3 is 2.81 bits per heavy atom. The van der Waals surface area contributed by atoms with Crippen molar-refractivity contribution >= 4 is 0 Å². The van der Waals surface area contributed by atoms with Crippen LogP contribution < -0.4 is 0 Å². The van der Waals surface area contributed by atoms with Gasteiger partial charge in [-0.25, -0.2) is 4.39 Å². The molecule has 4 nitrogen and oxygen atoms in total. The molecular formula is C11H12FN3O. The Hall–Kier alpha value is -1.75. The summed E-state index contributed by atoms with van der Waals surface area (Å²) in [6, 6.07) is 3.19. The lowest BCUT2D eigenvalue weighted by molar-refractivity contribution is 0.204. The Morgan fingerprint density at radius 1 is 1.50 bits per heavy atom. The van der Waals surface area contributed by atoms with Gasteiger partial charge in [0.15, 0.2) is 0 Å². The third kappa shape index (κ3) is 1.81. The van der Waals surface area contributed by atoms with Gasteiger partial charge in [-0.15, -0.1) is 0 Å². The molecular weight excluding hydrogens is 209 g/mol. The lowest BCUT2D eigenvalue weighted by atomic mass is 10.1. The smallest absolute Gasteiger partial charge is 0.147 e. The summed E-state index contributed by atoms with van der Waals surface area (Å²) in [4.78, 5) is 3.64. The molecule has 0 radical (unpaired) electrons. The van der Waals surface area contributed by atoms with Crippen molar-refractivity contribution in [2.24, 2.45) is 7.05 Å². The molecule has 5 heteroatoms. The van der Waals surface area contributed by atoms with Crippen molar-refractivity contribution in [1.82, 2.24) is 14.8 Å². The summed E-state index contributed by atoms with van der Waals surface area (Å²) in [6.07, 6.45) is 1.52. The minimum atomic E-state index is -1.02. The molecule has 0 aromatic carbocycles. The van der Waals surface area contributed by atoms with Crippen LogP contribution in [0.1, 0.15) is 23.1 Å². The van der Waals surface area contributed by atoms with E-state index in [1.807, 2.05) is 6.92 Å². The Bertz CT molecular complexity index is 510. The largest absolute Gasteiger partial charge is 0.382 e. The quantitative estimate of drug-likeness (QED) is 0.832. The number of aliphatic hydroxyl groups is 1. The van der Waals surface area contributed by atoms with Crippen LogP contribution in [-0.4, -0.2) is 19.9 Å². The van der Waals surface area contributed by atoms with Crippen LogP contribution in [0.15, 0.2) is 24.5 Å². The van der Waals surface area contributed by atoms with E-state index in [1.165, 1.54) is 12.3 Å². The van der Waals surface area contributed by atoms with Crippen LogP contribution in [-0.2, 0) is 7.05 Å². The van der Waals surface area contributed by atoms with Crippen LogP contribution in [0.25, 0.3) is 0 Å². The first-order chi connectivity index (χ1) is 7.59. The fraction of sp³-hybridized carbons (Fsp3) is 0.273. The first-order valence-electron chi connectivity index (χ1n) is 4.87. The molecule has 0 aliphatic heterocycles. The number of hydrogen-bond acceptors (Lipinski definition) is 3. The van der Waals surface area contributed by atoms with Crippen LogP contribution in [0.5, 0.6) is 0 Å². The zero-order valence-electron chi connectivity index (χ0n) is 9.05. The summed E-state index contributed by atoms with van der Waals surface area (Å²) in [7, 11) is 1.71. The summed E-state index contributed by atoms with van der Waals surface area (Å²) >= 11 is 0. The average Bonchev–Trinajstić information content (AvgIpc) is 2.58. The minimum absolute atomic E-state index is 0.206. The molecule has 1 unspecified atom stereocenters. The normalized spacial score (nSPS) is 12.8. The summed E-state index contributed by atoms with van der Waals surface area (Å²) < 4.78 is 15.0. The minimum Gasteiger partial charge on any atom is -0.382 e. The fourth-order valence-electron chi connectivity index (χ4n) is 1.65. The van der Waals surface area contributed by atoms with Gasteiger partial charge in [-0.1, -0.05) is 0 Å². The van der Waals surface area contributed by atoms with E-state index in [0.717, 1.165) is 11.9 Å². The van der Waals surface area contributed by atoms with Crippen molar-refractivity contribution in [2.45, 2.75) is 13.0 Å². The van der Waals surface area contributed by atoms with Gasteiger partial charge < -0.3 is 5.11 Å². The summed E-state index contributed by atoms with van der Waals surface area (Å²) in [5.41, 5.74) is 1.55. The molecule has 2 rings (SSSR count). The highest BCUT2D eigenvalue weighted by molar-refractivity contribution is 5.26. The number of hydrogen-bond donors (Lipinski definition) is 1. The SMILES string of the molecule is Cc1cc(C(O)c2ccncc2F)n(C)n1. The molecule has 0 amide bonds. The van der Waals surface area contributed by atoms with Gasteiger partial charge in [0.1, 0.15) is 11.9 Å². The van der Waals surface area contributed by atoms with Gasteiger partial charge >= 0.3 is 0 Å².